The van der Waals surface area contributed by atoms with E-state index in [0.29, 0.717) is 11.3 Å². The van der Waals surface area contributed by atoms with Crippen LogP contribution in [-0.4, -0.2) is 46.6 Å². The molecule has 0 radical (unpaired) electrons. The molecule has 0 spiro atoms. The first-order chi connectivity index (χ1) is 13.5. The molecule has 9 nitrogen and oxygen atoms in total. The minimum Gasteiger partial charge on any atom is -0.481 e. The van der Waals surface area contributed by atoms with Gasteiger partial charge >= 0.3 is 5.97 Å². The normalized spacial score (nSPS) is 10.4. The number of ether oxygens (including phenoxy) is 2. The molecule has 2 aromatic rings. The van der Waals surface area contributed by atoms with Crippen molar-refractivity contribution in [3.05, 3.63) is 42.0 Å². The van der Waals surface area contributed by atoms with Crippen LogP contribution < -0.4 is 10.5 Å². The van der Waals surface area contributed by atoms with Crippen LogP contribution in [0.1, 0.15) is 26.3 Å². The lowest BCUT2D eigenvalue weighted by atomic mass is 9.95. The molecule has 2 rings (SSSR count). The Hall–Kier alpha value is -3.56. The molecule has 0 bridgehead atoms. The molecule has 29 heavy (non-hydrogen) atoms. The molecule has 10 heteroatoms. The number of aromatic nitrogens is 2. The summed E-state index contributed by atoms with van der Waals surface area (Å²) in [5, 5.41) is 14.7. The molecule has 0 aliphatic carbocycles. The fraction of sp³-hybridized carbons (Fsp3) is 0.316. The van der Waals surface area contributed by atoms with Crippen molar-refractivity contribution in [3.8, 4) is 17.1 Å². The van der Waals surface area contributed by atoms with Crippen LogP contribution in [0.4, 0.5) is 4.39 Å². The summed E-state index contributed by atoms with van der Waals surface area (Å²) >= 11 is 0. The number of carbonyl (C=O) groups excluding carboxylic acids is 1. The van der Waals surface area contributed by atoms with Gasteiger partial charge in [0.05, 0.1) is 36.2 Å². The number of nitrogen functional groups attached to an aromatic ring is 1. The predicted molar refractivity (Wildman–Crippen MR) is 103 cm³/mol. The van der Waals surface area contributed by atoms with Crippen molar-refractivity contribution in [2.75, 3.05) is 13.7 Å². The van der Waals surface area contributed by atoms with Gasteiger partial charge in [-0.15, -0.1) is 0 Å². The largest absolute Gasteiger partial charge is 0.481 e. The van der Waals surface area contributed by atoms with E-state index in [-0.39, 0.29) is 23.9 Å². The van der Waals surface area contributed by atoms with Gasteiger partial charge in [0.2, 0.25) is 5.88 Å². The topological polar surface area (TPSA) is 148 Å². The van der Waals surface area contributed by atoms with Crippen molar-refractivity contribution in [1.29, 1.82) is 5.41 Å². The maximum absolute atomic E-state index is 13.9. The van der Waals surface area contributed by atoms with Crippen LogP contribution in [0.15, 0.2) is 30.6 Å². The second kappa shape index (κ2) is 10.1. The summed E-state index contributed by atoms with van der Waals surface area (Å²) in [7, 11) is 1.31. The maximum atomic E-state index is 13.9. The summed E-state index contributed by atoms with van der Waals surface area (Å²) in [5.74, 6) is -1.93. The number of benzene rings is 1. The van der Waals surface area contributed by atoms with E-state index >= 15 is 0 Å². The average Bonchev–Trinajstić information content (AvgIpc) is 2.65. The summed E-state index contributed by atoms with van der Waals surface area (Å²) in [6, 6.07) is 4.25. The SMILES string of the molecule is CC(=O)O.COC(=O)C(C)(C)COc1cnc(-c2ccc(C(=N)N)c(F)c2)cn1. The number of rotatable bonds is 6. The van der Waals surface area contributed by atoms with E-state index in [4.69, 9.17) is 30.5 Å². The van der Waals surface area contributed by atoms with E-state index in [1.807, 2.05) is 0 Å². The zero-order chi connectivity index (χ0) is 22.2. The molecule has 0 unspecified atom stereocenters. The number of amidine groups is 1. The molecule has 1 heterocycles. The summed E-state index contributed by atoms with van der Waals surface area (Å²) in [4.78, 5) is 28.9. The Balaban J connectivity index is 0.000000960. The number of nitrogens with two attached hydrogens (primary N) is 1. The minimum absolute atomic E-state index is 0.0294. The maximum Gasteiger partial charge on any atom is 0.314 e. The van der Waals surface area contributed by atoms with Crippen molar-refractivity contribution in [2.24, 2.45) is 11.1 Å². The van der Waals surface area contributed by atoms with Crippen LogP contribution in [0, 0.1) is 16.6 Å². The number of hydrogen-bond donors (Lipinski definition) is 3. The van der Waals surface area contributed by atoms with Crippen LogP contribution in [0.2, 0.25) is 0 Å². The van der Waals surface area contributed by atoms with Gasteiger partial charge in [0.15, 0.2) is 0 Å². The summed E-state index contributed by atoms with van der Waals surface area (Å²) in [6.07, 6.45) is 2.82. The van der Waals surface area contributed by atoms with Gasteiger partial charge in [0.1, 0.15) is 18.3 Å². The number of carboxylic acid groups (broad SMARTS) is 1. The number of carbonyl (C=O) groups is 2. The number of methoxy groups -OCH3 is 1. The molecule has 1 aromatic carbocycles. The molecule has 0 amide bonds. The van der Waals surface area contributed by atoms with E-state index in [0.717, 1.165) is 6.92 Å². The van der Waals surface area contributed by atoms with Gasteiger partial charge in [-0.25, -0.2) is 14.4 Å². The van der Waals surface area contributed by atoms with Gasteiger partial charge in [-0.3, -0.25) is 15.0 Å². The smallest absolute Gasteiger partial charge is 0.314 e. The molecule has 0 aliphatic heterocycles. The molecular weight excluding hydrogens is 383 g/mol. The van der Waals surface area contributed by atoms with Crippen LogP contribution in [-0.2, 0) is 14.3 Å². The molecule has 156 valence electrons. The summed E-state index contributed by atoms with van der Waals surface area (Å²) < 4.78 is 24.1. The highest BCUT2D eigenvalue weighted by atomic mass is 19.1. The van der Waals surface area contributed by atoms with E-state index in [9.17, 15) is 9.18 Å². The number of nitrogens with zero attached hydrogens (tertiary/aromatic N) is 2. The zero-order valence-corrected chi connectivity index (χ0v) is 16.5. The Labute approximate surface area is 167 Å². The summed E-state index contributed by atoms with van der Waals surface area (Å²) in [6.45, 7) is 4.55. The van der Waals surface area contributed by atoms with Gasteiger partial charge in [-0.05, 0) is 26.0 Å². The molecular formula is C19H23FN4O5. The number of aliphatic carboxylic acids is 1. The third-order valence-corrected chi connectivity index (χ3v) is 3.50. The molecule has 0 saturated heterocycles. The molecule has 0 aliphatic rings. The first-order valence-electron chi connectivity index (χ1n) is 8.35. The molecule has 1 aromatic heterocycles. The second-order valence-corrected chi connectivity index (χ2v) is 6.53. The minimum atomic E-state index is -0.833. The van der Waals surface area contributed by atoms with Crippen LogP contribution >= 0.6 is 0 Å². The van der Waals surface area contributed by atoms with Crippen LogP contribution in [0.3, 0.4) is 0 Å². The van der Waals surface area contributed by atoms with Crippen molar-refractivity contribution >= 4 is 17.8 Å². The van der Waals surface area contributed by atoms with Gasteiger partial charge in [-0.2, -0.15) is 0 Å². The fourth-order valence-corrected chi connectivity index (χ4v) is 2.02. The number of nitrogens with one attached hydrogen (secondary N) is 1. The second-order valence-electron chi connectivity index (χ2n) is 6.53. The highest BCUT2D eigenvalue weighted by molar-refractivity contribution is 5.95. The third kappa shape index (κ3) is 7.17. The van der Waals surface area contributed by atoms with E-state index in [2.05, 4.69) is 9.97 Å². The number of halogens is 1. The van der Waals surface area contributed by atoms with E-state index < -0.39 is 23.2 Å². The lowest BCUT2D eigenvalue weighted by Gasteiger charge is -2.21. The number of hydrogen-bond acceptors (Lipinski definition) is 7. The van der Waals surface area contributed by atoms with Crippen LogP contribution in [0.25, 0.3) is 11.3 Å². The Morgan fingerprint density at radius 3 is 2.34 bits per heavy atom. The van der Waals surface area contributed by atoms with Crippen LogP contribution in [0.5, 0.6) is 5.88 Å². The Kier molecular flexibility index (Phi) is 8.19. The zero-order valence-electron chi connectivity index (χ0n) is 16.5. The number of esters is 1. The highest BCUT2D eigenvalue weighted by Crippen LogP contribution is 2.22. The number of carboxylic acids is 1. The van der Waals surface area contributed by atoms with Crippen molar-refractivity contribution in [3.63, 3.8) is 0 Å². The third-order valence-electron chi connectivity index (χ3n) is 3.50. The standard InChI is InChI=1S/C17H19FN4O3.C2H4O2/c1-17(2,16(23)24-3)9-25-14-8-21-13(7-22-14)10-4-5-11(15(19)20)12(18)6-10;1-2(3)4/h4-8H,9H2,1-3H3,(H3,19,20);1H3,(H,3,4). The van der Waals surface area contributed by atoms with E-state index in [1.165, 1.54) is 31.6 Å². The Bertz CT molecular complexity index is 881. The molecule has 0 saturated carbocycles. The average molecular weight is 406 g/mol. The predicted octanol–water partition coefficient (Wildman–Crippen LogP) is 2.24. The molecule has 4 N–H and O–H groups in total. The van der Waals surface area contributed by atoms with Crippen molar-refractivity contribution in [2.45, 2.75) is 20.8 Å². The van der Waals surface area contributed by atoms with E-state index in [1.54, 1.807) is 19.9 Å². The van der Waals surface area contributed by atoms with Crippen molar-refractivity contribution in [1.82, 2.24) is 9.97 Å². The first kappa shape index (κ1) is 23.5. The van der Waals surface area contributed by atoms with Gasteiger partial charge in [0.25, 0.3) is 5.97 Å². The summed E-state index contributed by atoms with van der Waals surface area (Å²) in [5.41, 5.74) is 5.43. The molecule has 0 fully saturated rings. The molecule has 0 atom stereocenters. The fourth-order valence-electron chi connectivity index (χ4n) is 2.02. The van der Waals surface area contributed by atoms with Gasteiger partial charge in [0, 0.05) is 12.5 Å². The van der Waals surface area contributed by atoms with Gasteiger partial charge in [-0.1, -0.05) is 6.07 Å². The Morgan fingerprint density at radius 2 is 1.90 bits per heavy atom. The lowest BCUT2D eigenvalue weighted by molar-refractivity contribution is -0.152. The Morgan fingerprint density at radius 1 is 1.28 bits per heavy atom. The lowest BCUT2D eigenvalue weighted by Crippen LogP contribution is -2.32. The quantitative estimate of drug-likeness (QED) is 0.376. The van der Waals surface area contributed by atoms with Gasteiger partial charge < -0.3 is 20.3 Å². The highest BCUT2D eigenvalue weighted by Gasteiger charge is 2.30. The first-order valence-corrected chi connectivity index (χ1v) is 8.35. The van der Waals surface area contributed by atoms with Crippen molar-refractivity contribution < 1.29 is 28.6 Å². The monoisotopic (exact) mass is 406 g/mol.